The predicted octanol–water partition coefficient (Wildman–Crippen LogP) is 4.36. The molecule has 2 atom stereocenters. The summed E-state index contributed by atoms with van der Waals surface area (Å²) in [6.45, 7) is 5.83. The van der Waals surface area contributed by atoms with Gasteiger partial charge < -0.3 is 24.4 Å². The molecule has 1 amide bonds. The highest BCUT2D eigenvalue weighted by Gasteiger charge is 2.42. The van der Waals surface area contributed by atoms with Crippen molar-refractivity contribution in [2.45, 2.75) is 70.1 Å². The summed E-state index contributed by atoms with van der Waals surface area (Å²) in [5.74, 6) is 1.17. The Bertz CT molecular complexity index is 1680. The molecule has 1 aromatic carbocycles. The topological polar surface area (TPSA) is 128 Å². The maximum atomic E-state index is 12.9. The number of carbonyl (C=O) groups is 1. The fourth-order valence-corrected chi connectivity index (χ4v) is 7.33. The summed E-state index contributed by atoms with van der Waals surface area (Å²) in [5, 5.41) is 20.0. The Kier molecular flexibility index (Phi) is 7.68. The highest BCUT2D eigenvalue weighted by atomic mass is 16.5. The maximum absolute atomic E-state index is 12.9. The van der Waals surface area contributed by atoms with Gasteiger partial charge in [-0.1, -0.05) is 18.2 Å². The number of nitriles is 1. The van der Waals surface area contributed by atoms with Gasteiger partial charge >= 0.3 is 6.01 Å². The monoisotopic (exact) mass is 593 g/mol. The highest BCUT2D eigenvalue weighted by molar-refractivity contribution is 5.94. The molecule has 6 heterocycles. The van der Waals surface area contributed by atoms with E-state index in [2.05, 4.69) is 80.4 Å². The Balaban J connectivity index is 1.17. The second kappa shape index (κ2) is 11.9. The highest BCUT2D eigenvalue weighted by Crippen LogP contribution is 2.41. The first-order chi connectivity index (χ1) is 21.5. The molecule has 0 saturated carbocycles. The van der Waals surface area contributed by atoms with Crippen LogP contribution in [0.25, 0.3) is 22.2 Å². The lowest BCUT2D eigenvalue weighted by molar-refractivity contribution is 0.0922. The number of fused-ring (bicyclic) bond motifs is 3. The van der Waals surface area contributed by atoms with Crippen molar-refractivity contribution in [3.63, 3.8) is 0 Å². The van der Waals surface area contributed by atoms with E-state index in [1.807, 2.05) is 6.07 Å². The van der Waals surface area contributed by atoms with Gasteiger partial charge in [-0.3, -0.25) is 9.89 Å². The molecule has 0 aliphatic carbocycles. The number of piperidine rings is 2. The number of hydrogen-bond acceptors (Lipinski definition) is 8. The maximum Gasteiger partial charge on any atom is 0.318 e. The van der Waals surface area contributed by atoms with Gasteiger partial charge in [0.2, 0.25) is 0 Å². The minimum Gasteiger partial charge on any atom is -0.463 e. The average Bonchev–Trinajstić information content (AvgIpc) is 3.76. The number of ether oxygens (including phenoxy) is 1. The van der Waals surface area contributed by atoms with Crippen molar-refractivity contribution in [2.24, 2.45) is 5.92 Å². The molecule has 44 heavy (non-hydrogen) atoms. The van der Waals surface area contributed by atoms with Gasteiger partial charge in [0.15, 0.2) is 5.69 Å². The van der Waals surface area contributed by atoms with Crippen molar-refractivity contribution in [3.8, 4) is 23.3 Å². The van der Waals surface area contributed by atoms with Crippen LogP contribution in [0, 0.1) is 17.2 Å². The number of aryl methyl sites for hydroxylation is 1. The summed E-state index contributed by atoms with van der Waals surface area (Å²) in [5.41, 5.74) is 3.64. The number of likely N-dealkylation sites (tertiary alicyclic amines) is 1. The van der Waals surface area contributed by atoms with Crippen molar-refractivity contribution in [3.05, 3.63) is 54.0 Å². The molecule has 3 fully saturated rings. The van der Waals surface area contributed by atoms with Crippen LogP contribution >= 0.6 is 0 Å². The number of carbonyl (C=O) groups excluding carboxylic acids is 1. The summed E-state index contributed by atoms with van der Waals surface area (Å²) >= 11 is 0. The van der Waals surface area contributed by atoms with Gasteiger partial charge in [0.05, 0.1) is 17.8 Å². The molecular formula is C33H39N9O2. The van der Waals surface area contributed by atoms with Gasteiger partial charge in [0.25, 0.3) is 5.91 Å². The number of para-hydroxylation sites is 1. The van der Waals surface area contributed by atoms with Crippen LogP contribution in [0.1, 0.15) is 61.6 Å². The third-order valence-corrected chi connectivity index (χ3v) is 9.65. The molecule has 11 nitrogen and oxygen atoms in total. The third kappa shape index (κ3) is 5.50. The minimum absolute atomic E-state index is 0.0353. The SMILES string of the molecule is CCn1ccc2cccc(-c3cc(N4C5CCC4CC(NC(=O)c4cc(C#N)n[nH]4)C5)nc(OCC4CCN(C)CC4)n3)c21. The molecule has 3 aliphatic heterocycles. The summed E-state index contributed by atoms with van der Waals surface area (Å²) in [7, 11) is 2.17. The molecule has 3 saturated heterocycles. The van der Waals surface area contributed by atoms with Crippen LogP contribution in [-0.2, 0) is 6.54 Å². The zero-order valence-electron chi connectivity index (χ0n) is 25.4. The molecule has 3 aromatic heterocycles. The lowest BCUT2D eigenvalue weighted by Gasteiger charge is -2.40. The standard InChI is InChI=1S/C33H39N9O2/c1-3-41-14-11-22-5-4-6-27(31(22)41)28-18-30(37-33(36-28)44-20-21-9-12-40(2)13-10-21)42-25-7-8-26(42)16-23(15-25)35-32(43)29-17-24(19-34)38-39-29/h4-6,11,14,17-18,21,23,25-26H,3,7-10,12-13,15-16,20H2,1-2H3,(H,35,43)(H,38,39). The van der Waals surface area contributed by atoms with Gasteiger partial charge in [-0.25, -0.2) is 0 Å². The molecule has 2 bridgehead atoms. The summed E-state index contributed by atoms with van der Waals surface area (Å²) in [4.78, 5) is 27.7. The van der Waals surface area contributed by atoms with Crippen molar-refractivity contribution in [1.29, 1.82) is 5.26 Å². The molecule has 2 N–H and O–H groups in total. The van der Waals surface area contributed by atoms with Crippen molar-refractivity contribution in [1.82, 2.24) is 34.9 Å². The number of rotatable bonds is 8. The van der Waals surface area contributed by atoms with Crippen LogP contribution in [0.3, 0.4) is 0 Å². The smallest absolute Gasteiger partial charge is 0.318 e. The number of nitrogens with one attached hydrogen (secondary N) is 2. The second-order valence-electron chi connectivity index (χ2n) is 12.5. The Morgan fingerprint density at radius 3 is 2.64 bits per heavy atom. The van der Waals surface area contributed by atoms with E-state index in [0.717, 1.165) is 75.2 Å². The van der Waals surface area contributed by atoms with E-state index >= 15 is 0 Å². The molecule has 2 unspecified atom stereocenters. The molecule has 7 rings (SSSR count). The van der Waals surface area contributed by atoms with E-state index in [0.29, 0.717) is 24.2 Å². The molecule has 4 aromatic rings. The van der Waals surface area contributed by atoms with E-state index < -0.39 is 0 Å². The van der Waals surface area contributed by atoms with E-state index in [4.69, 9.17) is 20.0 Å². The fraction of sp³-hybridized carbons (Fsp3) is 0.485. The summed E-state index contributed by atoms with van der Waals surface area (Å²) in [6, 6.07) is 15.1. The predicted molar refractivity (Wildman–Crippen MR) is 167 cm³/mol. The van der Waals surface area contributed by atoms with Gasteiger partial charge in [0.1, 0.15) is 17.6 Å². The molecule has 3 aliphatic rings. The van der Waals surface area contributed by atoms with E-state index in [1.54, 1.807) is 0 Å². The number of aromatic nitrogens is 5. The van der Waals surface area contributed by atoms with Crippen LogP contribution in [0.4, 0.5) is 5.82 Å². The van der Waals surface area contributed by atoms with Gasteiger partial charge in [-0.05, 0) is 77.6 Å². The number of nitrogens with zero attached hydrogens (tertiary/aromatic N) is 7. The molecule has 11 heteroatoms. The van der Waals surface area contributed by atoms with Crippen LogP contribution in [0.5, 0.6) is 6.01 Å². The van der Waals surface area contributed by atoms with Crippen molar-refractivity contribution >= 4 is 22.6 Å². The van der Waals surface area contributed by atoms with Crippen LogP contribution in [0.2, 0.25) is 0 Å². The average molecular weight is 594 g/mol. The van der Waals surface area contributed by atoms with Crippen molar-refractivity contribution in [2.75, 3.05) is 31.6 Å². The van der Waals surface area contributed by atoms with Crippen LogP contribution < -0.4 is 15.0 Å². The van der Waals surface area contributed by atoms with E-state index in [9.17, 15) is 4.79 Å². The number of amides is 1. The van der Waals surface area contributed by atoms with Crippen LogP contribution in [-0.4, -0.2) is 80.4 Å². The van der Waals surface area contributed by atoms with E-state index in [-0.39, 0.29) is 29.7 Å². The first-order valence-corrected chi connectivity index (χ1v) is 15.8. The molecule has 0 radical (unpaired) electrons. The quantitative estimate of drug-likeness (QED) is 0.308. The van der Waals surface area contributed by atoms with Crippen molar-refractivity contribution < 1.29 is 9.53 Å². The van der Waals surface area contributed by atoms with Gasteiger partial charge in [-0.2, -0.15) is 20.3 Å². The fourth-order valence-electron chi connectivity index (χ4n) is 7.33. The van der Waals surface area contributed by atoms with Gasteiger partial charge in [0, 0.05) is 53.9 Å². The Hall–Kier alpha value is -4.43. The first kappa shape index (κ1) is 28.3. The normalized spacial score (nSPS) is 22.3. The summed E-state index contributed by atoms with van der Waals surface area (Å²) in [6.07, 6.45) is 8.09. The zero-order valence-corrected chi connectivity index (χ0v) is 25.4. The number of anilines is 1. The lowest BCUT2D eigenvalue weighted by atomic mass is 9.96. The third-order valence-electron chi connectivity index (χ3n) is 9.65. The van der Waals surface area contributed by atoms with Gasteiger partial charge in [-0.15, -0.1) is 0 Å². The molecular weight excluding hydrogens is 554 g/mol. The second-order valence-corrected chi connectivity index (χ2v) is 12.5. The Labute approximate surface area is 257 Å². The Morgan fingerprint density at radius 2 is 1.91 bits per heavy atom. The number of H-pyrrole nitrogens is 1. The van der Waals surface area contributed by atoms with Crippen LogP contribution in [0.15, 0.2) is 42.6 Å². The lowest BCUT2D eigenvalue weighted by Crippen LogP contribution is -2.51. The largest absolute Gasteiger partial charge is 0.463 e. The Morgan fingerprint density at radius 1 is 1.11 bits per heavy atom. The molecule has 228 valence electrons. The summed E-state index contributed by atoms with van der Waals surface area (Å²) < 4.78 is 8.65. The zero-order chi connectivity index (χ0) is 30.2. The number of aromatic amines is 1. The molecule has 0 spiro atoms. The first-order valence-electron chi connectivity index (χ1n) is 15.8. The number of benzene rings is 1. The minimum atomic E-state index is -0.224. The van der Waals surface area contributed by atoms with E-state index in [1.165, 1.54) is 17.0 Å². The number of hydrogen-bond donors (Lipinski definition) is 2.